The van der Waals surface area contributed by atoms with Gasteiger partial charge in [-0.3, -0.25) is 4.79 Å². The Morgan fingerprint density at radius 1 is 1.53 bits per heavy atom. The molecule has 5 heteroatoms. The number of hydrogen-bond acceptors (Lipinski definition) is 3. The summed E-state index contributed by atoms with van der Waals surface area (Å²) in [6.45, 7) is 5.96. The predicted octanol–water partition coefficient (Wildman–Crippen LogP) is 1.19. The summed E-state index contributed by atoms with van der Waals surface area (Å²) in [5.74, 6) is -0.172. The van der Waals surface area contributed by atoms with E-state index in [-0.39, 0.29) is 0 Å². The first-order valence-electron chi connectivity index (χ1n) is 4.93. The maximum absolute atomic E-state index is 10.9. The van der Waals surface area contributed by atoms with Crippen molar-refractivity contribution in [1.82, 2.24) is 15.3 Å². The SMILES string of the molecule is CNC(C(=O)O)c1nc(C(C)C)c(C)[nH]1. The molecule has 0 aromatic carbocycles. The lowest BCUT2D eigenvalue weighted by Gasteiger charge is -2.07. The van der Waals surface area contributed by atoms with E-state index in [1.54, 1.807) is 7.05 Å². The molecule has 0 amide bonds. The lowest BCUT2D eigenvalue weighted by molar-refractivity contribution is -0.139. The highest BCUT2D eigenvalue weighted by molar-refractivity contribution is 5.74. The summed E-state index contributed by atoms with van der Waals surface area (Å²) >= 11 is 0. The van der Waals surface area contributed by atoms with Gasteiger partial charge in [0.15, 0.2) is 6.04 Å². The number of rotatable bonds is 4. The van der Waals surface area contributed by atoms with Crippen LogP contribution in [0.4, 0.5) is 0 Å². The number of aromatic amines is 1. The van der Waals surface area contributed by atoms with Crippen LogP contribution in [0.1, 0.15) is 43.0 Å². The van der Waals surface area contributed by atoms with Crippen LogP contribution in [0.5, 0.6) is 0 Å². The van der Waals surface area contributed by atoms with Crippen molar-refractivity contribution >= 4 is 5.97 Å². The van der Waals surface area contributed by atoms with Crippen molar-refractivity contribution in [2.75, 3.05) is 7.05 Å². The Hall–Kier alpha value is -1.36. The number of nitrogens with one attached hydrogen (secondary N) is 2. The summed E-state index contributed by atoms with van der Waals surface area (Å²) in [5, 5.41) is 11.6. The zero-order valence-corrected chi connectivity index (χ0v) is 9.46. The van der Waals surface area contributed by atoms with Gasteiger partial charge in [0, 0.05) is 5.69 Å². The summed E-state index contributed by atoms with van der Waals surface area (Å²) < 4.78 is 0. The second-order valence-electron chi connectivity index (χ2n) is 3.85. The molecule has 0 radical (unpaired) electrons. The van der Waals surface area contributed by atoms with E-state index in [2.05, 4.69) is 15.3 Å². The normalized spacial score (nSPS) is 13.1. The molecule has 0 saturated heterocycles. The topological polar surface area (TPSA) is 78.0 Å². The van der Waals surface area contributed by atoms with E-state index in [9.17, 15) is 4.79 Å². The van der Waals surface area contributed by atoms with Gasteiger partial charge in [0.25, 0.3) is 0 Å². The summed E-state index contributed by atoms with van der Waals surface area (Å²) in [4.78, 5) is 18.2. The predicted molar refractivity (Wildman–Crippen MR) is 56.9 cm³/mol. The van der Waals surface area contributed by atoms with Crippen LogP contribution in [0.2, 0.25) is 0 Å². The fraction of sp³-hybridized carbons (Fsp3) is 0.600. The number of aryl methyl sites for hydroxylation is 1. The Morgan fingerprint density at radius 2 is 2.13 bits per heavy atom. The van der Waals surface area contributed by atoms with Crippen molar-refractivity contribution < 1.29 is 9.90 Å². The average molecular weight is 211 g/mol. The van der Waals surface area contributed by atoms with Gasteiger partial charge in [0.1, 0.15) is 5.82 Å². The zero-order valence-electron chi connectivity index (χ0n) is 9.46. The number of carboxylic acids is 1. The number of H-pyrrole nitrogens is 1. The molecule has 5 nitrogen and oxygen atoms in total. The third kappa shape index (κ3) is 2.36. The Bertz CT molecular complexity index is 358. The number of likely N-dealkylation sites (N-methyl/N-ethyl adjacent to an activating group) is 1. The Labute approximate surface area is 88.9 Å². The lowest BCUT2D eigenvalue weighted by Crippen LogP contribution is -2.26. The molecule has 15 heavy (non-hydrogen) atoms. The van der Waals surface area contributed by atoms with E-state index in [4.69, 9.17) is 5.11 Å². The molecule has 1 heterocycles. The number of imidazole rings is 1. The highest BCUT2D eigenvalue weighted by Gasteiger charge is 2.22. The number of hydrogen-bond donors (Lipinski definition) is 3. The van der Waals surface area contributed by atoms with Crippen molar-refractivity contribution in [3.05, 3.63) is 17.2 Å². The molecule has 0 aliphatic heterocycles. The van der Waals surface area contributed by atoms with Gasteiger partial charge >= 0.3 is 5.97 Å². The van der Waals surface area contributed by atoms with Gasteiger partial charge in [0.2, 0.25) is 0 Å². The molecule has 1 aromatic heterocycles. The van der Waals surface area contributed by atoms with Crippen LogP contribution in [-0.2, 0) is 4.79 Å². The number of carboxylic acid groups (broad SMARTS) is 1. The summed E-state index contributed by atoms with van der Waals surface area (Å²) in [6.07, 6.45) is 0. The quantitative estimate of drug-likeness (QED) is 0.699. The van der Waals surface area contributed by atoms with Crippen LogP contribution in [0.15, 0.2) is 0 Å². The smallest absolute Gasteiger partial charge is 0.328 e. The van der Waals surface area contributed by atoms with E-state index in [0.29, 0.717) is 11.7 Å². The second-order valence-corrected chi connectivity index (χ2v) is 3.85. The van der Waals surface area contributed by atoms with E-state index < -0.39 is 12.0 Å². The summed E-state index contributed by atoms with van der Waals surface area (Å²) in [6, 6.07) is -0.767. The Kier molecular flexibility index (Phi) is 3.47. The molecule has 0 aliphatic carbocycles. The maximum atomic E-state index is 10.9. The molecule has 1 aromatic rings. The van der Waals surface area contributed by atoms with Gasteiger partial charge in [-0.1, -0.05) is 13.8 Å². The molecular formula is C10H17N3O2. The van der Waals surface area contributed by atoms with Crippen molar-refractivity contribution in [2.45, 2.75) is 32.7 Å². The molecular weight excluding hydrogens is 194 g/mol. The monoisotopic (exact) mass is 211 g/mol. The summed E-state index contributed by atoms with van der Waals surface area (Å²) in [5.41, 5.74) is 1.85. The highest BCUT2D eigenvalue weighted by atomic mass is 16.4. The molecule has 0 aliphatic rings. The molecule has 3 N–H and O–H groups in total. The molecule has 0 spiro atoms. The molecule has 1 atom stereocenters. The minimum Gasteiger partial charge on any atom is -0.480 e. The standard InChI is InChI=1S/C10H17N3O2/c1-5(2)7-6(3)12-9(13-7)8(11-4)10(14)15/h5,8,11H,1-4H3,(H,12,13)(H,14,15). The van der Waals surface area contributed by atoms with E-state index in [1.807, 2.05) is 20.8 Å². The minimum absolute atomic E-state index is 0.293. The van der Waals surface area contributed by atoms with Crippen molar-refractivity contribution in [1.29, 1.82) is 0 Å². The zero-order chi connectivity index (χ0) is 11.6. The number of aromatic nitrogens is 2. The van der Waals surface area contributed by atoms with Gasteiger partial charge in [-0.25, -0.2) is 4.98 Å². The van der Waals surface area contributed by atoms with Crippen LogP contribution < -0.4 is 5.32 Å². The molecule has 84 valence electrons. The van der Waals surface area contributed by atoms with Crippen LogP contribution >= 0.6 is 0 Å². The van der Waals surface area contributed by atoms with Crippen LogP contribution in [0, 0.1) is 6.92 Å². The lowest BCUT2D eigenvalue weighted by atomic mass is 10.1. The van der Waals surface area contributed by atoms with E-state index in [0.717, 1.165) is 11.4 Å². The fourth-order valence-corrected chi connectivity index (χ4v) is 1.57. The average Bonchev–Trinajstić information content (AvgIpc) is 2.48. The third-order valence-electron chi connectivity index (χ3n) is 2.30. The Balaban J connectivity index is 3.05. The van der Waals surface area contributed by atoms with Gasteiger partial charge in [-0.15, -0.1) is 0 Å². The first-order valence-corrected chi connectivity index (χ1v) is 4.93. The molecule has 0 fully saturated rings. The largest absolute Gasteiger partial charge is 0.480 e. The number of carbonyl (C=O) groups is 1. The minimum atomic E-state index is -0.929. The van der Waals surface area contributed by atoms with E-state index in [1.165, 1.54) is 0 Å². The maximum Gasteiger partial charge on any atom is 0.328 e. The molecule has 0 saturated carbocycles. The molecule has 1 unspecified atom stereocenters. The Morgan fingerprint density at radius 3 is 2.47 bits per heavy atom. The van der Waals surface area contributed by atoms with Gasteiger partial charge in [0.05, 0.1) is 5.69 Å². The van der Waals surface area contributed by atoms with Crippen LogP contribution in [-0.4, -0.2) is 28.1 Å². The molecule has 0 bridgehead atoms. The number of nitrogens with zero attached hydrogens (tertiary/aromatic N) is 1. The van der Waals surface area contributed by atoms with Crippen molar-refractivity contribution in [3.8, 4) is 0 Å². The van der Waals surface area contributed by atoms with Gasteiger partial charge < -0.3 is 15.4 Å². The summed E-state index contributed by atoms with van der Waals surface area (Å²) in [7, 11) is 1.60. The van der Waals surface area contributed by atoms with E-state index >= 15 is 0 Å². The van der Waals surface area contributed by atoms with Crippen LogP contribution in [0.3, 0.4) is 0 Å². The second kappa shape index (κ2) is 4.44. The highest BCUT2D eigenvalue weighted by Crippen LogP contribution is 2.19. The van der Waals surface area contributed by atoms with Gasteiger partial charge in [-0.2, -0.15) is 0 Å². The number of aliphatic carboxylic acids is 1. The first kappa shape index (κ1) is 11.7. The van der Waals surface area contributed by atoms with Crippen molar-refractivity contribution in [3.63, 3.8) is 0 Å². The van der Waals surface area contributed by atoms with Gasteiger partial charge in [-0.05, 0) is 19.9 Å². The van der Waals surface area contributed by atoms with Crippen molar-refractivity contribution in [2.24, 2.45) is 0 Å². The fourth-order valence-electron chi connectivity index (χ4n) is 1.57. The molecule has 1 rings (SSSR count). The first-order chi connectivity index (χ1) is 6.97. The third-order valence-corrected chi connectivity index (χ3v) is 2.30. The van der Waals surface area contributed by atoms with Crippen LogP contribution in [0.25, 0.3) is 0 Å².